The summed E-state index contributed by atoms with van der Waals surface area (Å²) in [6, 6.07) is 17.3. The van der Waals surface area contributed by atoms with E-state index in [-0.39, 0.29) is 23.6 Å². The largest absolute Gasteiger partial charge is 0.508 e. The summed E-state index contributed by atoms with van der Waals surface area (Å²) in [6.45, 7) is 2.26. The molecule has 8 heteroatoms. The van der Waals surface area contributed by atoms with Crippen LogP contribution in [0.15, 0.2) is 72.3 Å². The average molecular weight is 463 g/mol. The van der Waals surface area contributed by atoms with Crippen LogP contribution in [0.4, 0.5) is 10.5 Å². The predicted octanol–water partition coefficient (Wildman–Crippen LogP) is 4.60. The van der Waals surface area contributed by atoms with Crippen molar-refractivity contribution in [3.63, 3.8) is 0 Å². The van der Waals surface area contributed by atoms with Gasteiger partial charge in [0.1, 0.15) is 23.7 Å². The van der Waals surface area contributed by atoms with Crippen LogP contribution in [0.25, 0.3) is 6.08 Å². The van der Waals surface area contributed by atoms with Crippen LogP contribution < -0.4 is 15.0 Å². The molecule has 7 nitrogen and oxygen atoms in total. The summed E-state index contributed by atoms with van der Waals surface area (Å²) in [5.41, 5.74) is 2.41. The average Bonchev–Trinajstić information content (AvgIpc) is 2.77. The molecule has 0 unspecified atom stereocenters. The van der Waals surface area contributed by atoms with Crippen LogP contribution in [0.1, 0.15) is 16.7 Å². The normalized spacial score (nSPS) is 15.0. The Bertz CT molecular complexity index is 1280. The van der Waals surface area contributed by atoms with Crippen LogP contribution in [0.2, 0.25) is 5.02 Å². The maximum absolute atomic E-state index is 13.1. The molecule has 0 spiro atoms. The van der Waals surface area contributed by atoms with Gasteiger partial charge >= 0.3 is 6.03 Å². The van der Waals surface area contributed by atoms with Crippen LogP contribution in [0.3, 0.4) is 0 Å². The number of anilines is 1. The van der Waals surface area contributed by atoms with Crippen molar-refractivity contribution in [2.45, 2.75) is 13.5 Å². The first-order chi connectivity index (χ1) is 15.8. The number of barbiturate groups is 1. The standard InChI is InChI=1S/C25H19ClN2O5/c1-15-3-2-4-16(11-15)14-33-22-10-5-18(26)12-17(22)13-21-23(30)27-25(32)28(24(21)31)19-6-8-20(29)9-7-19/h2-13,29H,14H2,1H3,(H,27,30,32)/b21-13+. The summed E-state index contributed by atoms with van der Waals surface area (Å²) in [7, 11) is 0. The van der Waals surface area contributed by atoms with Crippen molar-refractivity contribution in [3.8, 4) is 11.5 Å². The number of benzene rings is 3. The van der Waals surface area contributed by atoms with Crippen molar-refractivity contribution in [2.75, 3.05) is 4.90 Å². The molecule has 1 aliphatic heterocycles. The van der Waals surface area contributed by atoms with Crippen LogP contribution in [-0.4, -0.2) is 23.0 Å². The molecular formula is C25H19ClN2O5. The summed E-state index contributed by atoms with van der Waals surface area (Å²) < 4.78 is 5.94. The van der Waals surface area contributed by atoms with Gasteiger partial charge in [-0.05, 0) is 61.0 Å². The maximum Gasteiger partial charge on any atom is 0.335 e. The number of hydrogen-bond acceptors (Lipinski definition) is 5. The number of phenolic OH excluding ortho intramolecular Hbond substituents is 1. The van der Waals surface area contributed by atoms with Gasteiger partial charge in [0.15, 0.2) is 0 Å². The highest BCUT2D eigenvalue weighted by Crippen LogP contribution is 2.29. The van der Waals surface area contributed by atoms with Gasteiger partial charge in [0.25, 0.3) is 11.8 Å². The summed E-state index contributed by atoms with van der Waals surface area (Å²) in [6.07, 6.45) is 1.34. The zero-order chi connectivity index (χ0) is 23.5. The fourth-order valence-corrected chi connectivity index (χ4v) is 3.56. The van der Waals surface area contributed by atoms with Crippen molar-refractivity contribution in [2.24, 2.45) is 0 Å². The number of carbonyl (C=O) groups is 3. The number of carbonyl (C=O) groups excluding carboxylic acids is 3. The minimum absolute atomic E-state index is 0.0233. The Morgan fingerprint density at radius 1 is 1.03 bits per heavy atom. The first kappa shape index (κ1) is 22.1. The van der Waals surface area contributed by atoms with E-state index in [4.69, 9.17) is 16.3 Å². The summed E-state index contributed by atoms with van der Waals surface area (Å²) in [5.74, 6) is -1.24. The second-order valence-electron chi connectivity index (χ2n) is 7.43. The molecule has 1 saturated heterocycles. The molecule has 1 heterocycles. The minimum Gasteiger partial charge on any atom is -0.508 e. The van der Waals surface area contributed by atoms with E-state index in [9.17, 15) is 19.5 Å². The van der Waals surface area contributed by atoms with Gasteiger partial charge < -0.3 is 9.84 Å². The molecule has 166 valence electrons. The third-order valence-corrected chi connectivity index (χ3v) is 5.19. The molecule has 0 saturated carbocycles. The van der Waals surface area contributed by atoms with Crippen LogP contribution in [0, 0.1) is 6.92 Å². The van der Waals surface area contributed by atoms with E-state index in [1.165, 1.54) is 30.3 Å². The lowest BCUT2D eigenvalue weighted by Crippen LogP contribution is -2.54. The van der Waals surface area contributed by atoms with E-state index in [0.717, 1.165) is 16.0 Å². The highest BCUT2D eigenvalue weighted by Gasteiger charge is 2.37. The fraction of sp³-hybridized carbons (Fsp3) is 0.0800. The second-order valence-corrected chi connectivity index (χ2v) is 7.87. The SMILES string of the molecule is Cc1cccc(COc2ccc(Cl)cc2/C=C2\C(=O)NC(=O)N(c3ccc(O)cc3)C2=O)c1. The van der Waals surface area contributed by atoms with Crippen LogP contribution in [-0.2, 0) is 16.2 Å². The Morgan fingerprint density at radius 3 is 2.52 bits per heavy atom. The molecule has 3 aromatic carbocycles. The zero-order valence-electron chi connectivity index (χ0n) is 17.5. The van der Waals surface area contributed by atoms with Gasteiger partial charge in [-0.2, -0.15) is 0 Å². The van der Waals surface area contributed by atoms with Crippen LogP contribution >= 0.6 is 11.6 Å². The van der Waals surface area contributed by atoms with Gasteiger partial charge in [0.2, 0.25) is 0 Å². The third kappa shape index (κ3) is 4.88. The Balaban J connectivity index is 1.67. The number of ether oxygens (including phenoxy) is 1. The summed E-state index contributed by atoms with van der Waals surface area (Å²) in [4.78, 5) is 38.8. The van der Waals surface area contributed by atoms with E-state index in [1.807, 2.05) is 31.2 Å². The number of imide groups is 2. The first-order valence-electron chi connectivity index (χ1n) is 10.0. The van der Waals surface area contributed by atoms with Gasteiger partial charge in [-0.15, -0.1) is 0 Å². The van der Waals surface area contributed by atoms with E-state index in [0.29, 0.717) is 16.3 Å². The quantitative estimate of drug-likeness (QED) is 0.426. The second kappa shape index (κ2) is 9.18. The van der Waals surface area contributed by atoms with E-state index in [2.05, 4.69) is 5.32 Å². The topological polar surface area (TPSA) is 95.9 Å². The van der Waals surface area contributed by atoms with Gasteiger partial charge in [0.05, 0.1) is 5.69 Å². The Hall–Kier alpha value is -4.10. The lowest BCUT2D eigenvalue weighted by molar-refractivity contribution is -0.122. The number of aromatic hydroxyl groups is 1. The number of amides is 4. The number of phenols is 1. The van der Waals surface area contributed by atoms with Gasteiger partial charge in [-0.3, -0.25) is 14.9 Å². The van der Waals surface area contributed by atoms with E-state index < -0.39 is 17.8 Å². The molecule has 0 aromatic heterocycles. The molecule has 2 N–H and O–H groups in total. The number of nitrogens with zero attached hydrogens (tertiary/aromatic N) is 1. The fourth-order valence-electron chi connectivity index (χ4n) is 3.38. The monoisotopic (exact) mass is 462 g/mol. The molecule has 4 rings (SSSR count). The highest BCUT2D eigenvalue weighted by molar-refractivity contribution is 6.39. The zero-order valence-corrected chi connectivity index (χ0v) is 18.3. The van der Waals surface area contributed by atoms with Gasteiger partial charge in [-0.25, -0.2) is 9.69 Å². The molecule has 3 aromatic rings. The summed E-state index contributed by atoms with van der Waals surface area (Å²) >= 11 is 6.15. The lowest BCUT2D eigenvalue weighted by Gasteiger charge is -2.26. The van der Waals surface area contributed by atoms with E-state index >= 15 is 0 Å². The smallest absolute Gasteiger partial charge is 0.335 e. The van der Waals surface area contributed by atoms with E-state index in [1.54, 1.807) is 18.2 Å². The first-order valence-corrected chi connectivity index (χ1v) is 10.4. The molecule has 0 aliphatic carbocycles. The number of nitrogens with one attached hydrogen (secondary N) is 1. The van der Waals surface area contributed by atoms with Crippen molar-refractivity contribution in [1.29, 1.82) is 0 Å². The van der Waals surface area contributed by atoms with Crippen molar-refractivity contribution >= 4 is 41.2 Å². The van der Waals surface area contributed by atoms with Crippen molar-refractivity contribution < 1.29 is 24.2 Å². The molecule has 1 fully saturated rings. The predicted molar refractivity (Wildman–Crippen MR) is 124 cm³/mol. The molecule has 0 atom stereocenters. The molecule has 4 amide bonds. The number of halogens is 1. The number of hydrogen-bond donors (Lipinski definition) is 2. The highest BCUT2D eigenvalue weighted by atomic mass is 35.5. The summed E-state index contributed by atoms with van der Waals surface area (Å²) in [5, 5.41) is 12.0. The van der Waals surface area contributed by atoms with Crippen LogP contribution in [0.5, 0.6) is 11.5 Å². The maximum atomic E-state index is 13.1. The molecule has 0 bridgehead atoms. The van der Waals surface area contributed by atoms with Crippen molar-refractivity contribution in [3.05, 3.63) is 94.0 Å². The number of rotatable bonds is 5. The van der Waals surface area contributed by atoms with Crippen molar-refractivity contribution in [1.82, 2.24) is 5.32 Å². The van der Waals surface area contributed by atoms with Gasteiger partial charge in [-0.1, -0.05) is 41.4 Å². The Kier molecular flexibility index (Phi) is 6.15. The number of urea groups is 1. The Labute approximate surface area is 194 Å². The molecule has 33 heavy (non-hydrogen) atoms. The lowest BCUT2D eigenvalue weighted by atomic mass is 10.1. The molecule has 1 aliphatic rings. The van der Waals surface area contributed by atoms with Gasteiger partial charge in [0, 0.05) is 10.6 Å². The number of aryl methyl sites for hydroxylation is 1. The Morgan fingerprint density at radius 2 is 1.79 bits per heavy atom. The minimum atomic E-state index is -0.880. The molecular weight excluding hydrogens is 444 g/mol. The third-order valence-electron chi connectivity index (χ3n) is 4.96. The molecule has 0 radical (unpaired) electrons.